The maximum atomic E-state index is 10.7. The van der Waals surface area contributed by atoms with Crippen molar-refractivity contribution in [1.82, 2.24) is 0 Å². The standard InChI is InChI=1S/C13H10O5/c14-11-8-9(13(15)16)6-7-12(11)18-17-10-4-2-1-3-5-10/h1-8,14H,(H,15,16). The monoisotopic (exact) mass is 246 g/mol. The summed E-state index contributed by atoms with van der Waals surface area (Å²) in [7, 11) is 0. The number of aromatic carboxylic acids is 1. The Balaban J connectivity index is 2.08. The molecule has 0 aromatic heterocycles. The number of benzene rings is 2. The van der Waals surface area contributed by atoms with Crippen molar-refractivity contribution in [3.8, 4) is 17.2 Å². The molecule has 0 saturated carbocycles. The Morgan fingerprint density at radius 2 is 1.72 bits per heavy atom. The number of carboxylic acids is 1. The molecule has 0 bridgehead atoms. The molecular weight excluding hydrogens is 236 g/mol. The highest BCUT2D eigenvalue weighted by Crippen LogP contribution is 2.27. The molecule has 0 radical (unpaired) electrons. The van der Waals surface area contributed by atoms with Gasteiger partial charge in [0.15, 0.2) is 11.5 Å². The summed E-state index contributed by atoms with van der Waals surface area (Å²) in [6.45, 7) is 0. The van der Waals surface area contributed by atoms with E-state index in [1.54, 1.807) is 24.3 Å². The molecule has 5 nitrogen and oxygen atoms in total. The normalized spacial score (nSPS) is 9.78. The van der Waals surface area contributed by atoms with Gasteiger partial charge in [-0.05, 0) is 30.3 Å². The van der Waals surface area contributed by atoms with Crippen molar-refractivity contribution in [2.75, 3.05) is 0 Å². The summed E-state index contributed by atoms with van der Waals surface area (Å²) in [5.41, 5.74) is -0.0282. The Morgan fingerprint density at radius 1 is 1.00 bits per heavy atom. The number of aromatic hydroxyl groups is 1. The summed E-state index contributed by atoms with van der Waals surface area (Å²) in [5.74, 6) is -0.908. The van der Waals surface area contributed by atoms with Crippen LogP contribution in [0, 0.1) is 0 Å². The molecule has 18 heavy (non-hydrogen) atoms. The van der Waals surface area contributed by atoms with Crippen LogP contribution in [0.1, 0.15) is 10.4 Å². The molecule has 0 fully saturated rings. The van der Waals surface area contributed by atoms with Gasteiger partial charge < -0.3 is 10.2 Å². The van der Waals surface area contributed by atoms with Crippen molar-refractivity contribution in [3.05, 3.63) is 54.1 Å². The van der Waals surface area contributed by atoms with Crippen LogP contribution in [0.5, 0.6) is 17.2 Å². The second kappa shape index (κ2) is 5.09. The zero-order valence-electron chi connectivity index (χ0n) is 9.24. The third kappa shape index (κ3) is 2.70. The molecule has 0 aliphatic heterocycles. The molecule has 2 aromatic carbocycles. The van der Waals surface area contributed by atoms with E-state index in [4.69, 9.17) is 14.9 Å². The van der Waals surface area contributed by atoms with E-state index in [9.17, 15) is 9.90 Å². The SMILES string of the molecule is O=C(O)c1ccc(OOc2ccccc2)c(O)c1. The molecule has 0 spiro atoms. The zero-order chi connectivity index (χ0) is 13.0. The fourth-order valence-corrected chi connectivity index (χ4v) is 1.29. The molecule has 2 aromatic rings. The van der Waals surface area contributed by atoms with Gasteiger partial charge >= 0.3 is 5.97 Å². The summed E-state index contributed by atoms with van der Waals surface area (Å²) in [6.07, 6.45) is 0. The topological polar surface area (TPSA) is 76.0 Å². The fraction of sp³-hybridized carbons (Fsp3) is 0. The lowest BCUT2D eigenvalue weighted by Crippen LogP contribution is -2.02. The molecule has 2 N–H and O–H groups in total. The Bertz CT molecular complexity index is 551. The average molecular weight is 246 g/mol. The smallest absolute Gasteiger partial charge is 0.335 e. The second-order valence-electron chi connectivity index (χ2n) is 3.47. The van der Waals surface area contributed by atoms with Crippen LogP contribution >= 0.6 is 0 Å². The first kappa shape index (κ1) is 11.8. The van der Waals surface area contributed by atoms with E-state index < -0.39 is 5.97 Å². The number of para-hydroxylation sites is 1. The molecule has 5 heteroatoms. The average Bonchev–Trinajstić information content (AvgIpc) is 2.38. The number of hydrogen-bond donors (Lipinski definition) is 2. The van der Waals surface area contributed by atoms with Crippen LogP contribution in [0.4, 0.5) is 0 Å². The van der Waals surface area contributed by atoms with Crippen molar-refractivity contribution in [1.29, 1.82) is 0 Å². The number of rotatable bonds is 4. The van der Waals surface area contributed by atoms with Crippen LogP contribution in [0.25, 0.3) is 0 Å². The fourth-order valence-electron chi connectivity index (χ4n) is 1.29. The molecule has 92 valence electrons. The minimum atomic E-state index is -1.12. The molecular formula is C13H10O5. The summed E-state index contributed by atoms with van der Waals surface area (Å²) >= 11 is 0. The molecule has 0 aliphatic carbocycles. The van der Waals surface area contributed by atoms with E-state index in [-0.39, 0.29) is 17.1 Å². The van der Waals surface area contributed by atoms with Gasteiger partial charge in [-0.15, -0.1) is 0 Å². The first-order valence-electron chi connectivity index (χ1n) is 5.12. The van der Waals surface area contributed by atoms with E-state index in [1.165, 1.54) is 12.1 Å². The zero-order valence-corrected chi connectivity index (χ0v) is 9.24. The third-order valence-electron chi connectivity index (χ3n) is 2.18. The molecule has 0 aliphatic rings. The minimum Gasteiger partial charge on any atom is -0.504 e. The predicted molar refractivity (Wildman–Crippen MR) is 62.8 cm³/mol. The third-order valence-corrected chi connectivity index (χ3v) is 2.18. The second-order valence-corrected chi connectivity index (χ2v) is 3.47. The van der Waals surface area contributed by atoms with E-state index in [1.807, 2.05) is 6.07 Å². The number of phenolic OH excluding ortho intramolecular Hbond substituents is 1. The van der Waals surface area contributed by atoms with Crippen LogP contribution in [0.3, 0.4) is 0 Å². The summed E-state index contributed by atoms with van der Waals surface area (Å²) in [5, 5.41) is 18.3. The molecule has 0 unspecified atom stereocenters. The van der Waals surface area contributed by atoms with Gasteiger partial charge in [-0.2, -0.15) is 0 Å². The van der Waals surface area contributed by atoms with Gasteiger partial charge in [0.25, 0.3) is 0 Å². The van der Waals surface area contributed by atoms with E-state index in [0.29, 0.717) is 5.75 Å². The van der Waals surface area contributed by atoms with Crippen LogP contribution < -0.4 is 9.78 Å². The number of hydrogen-bond acceptors (Lipinski definition) is 4. The summed E-state index contributed by atoms with van der Waals surface area (Å²) in [4.78, 5) is 20.5. The van der Waals surface area contributed by atoms with Crippen molar-refractivity contribution >= 4 is 5.97 Å². The van der Waals surface area contributed by atoms with E-state index >= 15 is 0 Å². The van der Waals surface area contributed by atoms with Crippen LogP contribution in [0.2, 0.25) is 0 Å². The van der Waals surface area contributed by atoms with Gasteiger partial charge in [0.05, 0.1) is 5.56 Å². The van der Waals surface area contributed by atoms with Gasteiger partial charge in [-0.3, -0.25) is 9.78 Å². The Labute approximate surface area is 103 Å². The molecule has 0 saturated heterocycles. The van der Waals surface area contributed by atoms with Gasteiger partial charge in [0.1, 0.15) is 0 Å². The number of carbonyl (C=O) groups is 1. The first-order valence-corrected chi connectivity index (χ1v) is 5.12. The first-order chi connectivity index (χ1) is 8.66. The lowest BCUT2D eigenvalue weighted by molar-refractivity contribution is -0.102. The molecule has 0 amide bonds. The minimum absolute atomic E-state index is 0.0282. The highest BCUT2D eigenvalue weighted by molar-refractivity contribution is 5.88. The van der Waals surface area contributed by atoms with Crippen molar-refractivity contribution < 1.29 is 24.8 Å². The lowest BCUT2D eigenvalue weighted by atomic mass is 10.2. The highest BCUT2D eigenvalue weighted by atomic mass is 17.2. The Morgan fingerprint density at radius 3 is 2.33 bits per heavy atom. The maximum absolute atomic E-state index is 10.7. The van der Waals surface area contributed by atoms with Crippen LogP contribution in [-0.4, -0.2) is 16.2 Å². The lowest BCUT2D eigenvalue weighted by Gasteiger charge is -2.07. The van der Waals surface area contributed by atoms with Gasteiger partial charge in [-0.1, -0.05) is 18.2 Å². The van der Waals surface area contributed by atoms with Crippen molar-refractivity contribution in [2.24, 2.45) is 0 Å². The molecule has 0 atom stereocenters. The van der Waals surface area contributed by atoms with Gasteiger partial charge in [0, 0.05) is 0 Å². The van der Waals surface area contributed by atoms with Crippen molar-refractivity contribution in [2.45, 2.75) is 0 Å². The molecule has 0 heterocycles. The summed E-state index contributed by atoms with van der Waals surface area (Å²) in [6, 6.07) is 12.5. The highest BCUT2D eigenvalue weighted by Gasteiger charge is 2.09. The van der Waals surface area contributed by atoms with Gasteiger partial charge in [0.2, 0.25) is 5.75 Å². The summed E-state index contributed by atoms with van der Waals surface area (Å²) < 4.78 is 0. The molecule has 2 rings (SSSR count). The quantitative estimate of drug-likeness (QED) is 0.640. The predicted octanol–water partition coefficient (Wildman–Crippen LogP) is 2.46. The Hall–Kier alpha value is -2.69. The van der Waals surface area contributed by atoms with Crippen LogP contribution in [-0.2, 0) is 0 Å². The van der Waals surface area contributed by atoms with Crippen LogP contribution in [0.15, 0.2) is 48.5 Å². The van der Waals surface area contributed by atoms with E-state index in [2.05, 4.69) is 0 Å². The van der Waals surface area contributed by atoms with Gasteiger partial charge in [-0.25, -0.2) is 4.79 Å². The Kier molecular flexibility index (Phi) is 3.33. The largest absolute Gasteiger partial charge is 0.504 e. The van der Waals surface area contributed by atoms with E-state index in [0.717, 1.165) is 6.07 Å². The maximum Gasteiger partial charge on any atom is 0.335 e. The number of carboxylic acid groups (broad SMARTS) is 1. The van der Waals surface area contributed by atoms with Crippen molar-refractivity contribution in [3.63, 3.8) is 0 Å². The number of phenols is 1.